The highest BCUT2D eigenvalue weighted by molar-refractivity contribution is 8.00. The van der Waals surface area contributed by atoms with E-state index in [-0.39, 0.29) is 34.5 Å². The lowest BCUT2D eigenvalue weighted by Gasteiger charge is -2.34. The Balaban J connectivity index is 0.00000145. The Morgan fingerprint density at radius 1 is 1.28 bits per heavy atom. The zero-order valence-electron chi connectivity index (χ0n) is 21.0. The number of aldehydes is 1. The Morgan fingerprint density at radius 2 is 1.92 bits per heavy atom. The third-order valence-electron chi connectivity index (χ3n) is 4.80. The van der Waals surface area contributed by atoms with Crippen LogP contribution in [0.15, 0.2) is 23.1 Å². The van der Waals surface area contributed by atoms with Gasteiger partial charge < -0.3 is 25.1 Å². The molecule has 198 valence electrons. The summed E-state index contributed by atoms with van der Waals surface area (Å²) in [6.07, 6.45) is 1.76. The number of hydrogen-bond donors (Lipinski definition) is 2. The first-order chi connectivity index (χ1) is 16.9. The minimum Gasteiger partial charge on any atom is -0.444 e. The normalized spacial score (nSPS) is 14.4. The minimum atomic E-state index is -4.46. The van der Waals surface area contributed by atoms with Gasteiger partial charge in [0, 0.05) is 19.1 Å². The molecule has 1 aliphatic heterocycles. The predicted octanol–water partition coefficient (Wildman–Crippen LogP) is 4.53. The van der Waals surface area contributed by atoms with Crippen LogP contribution in [0, 0.1) is 11.8 Å². The fraction of sp³-hybridized carbons (Fsp3) is 0.542. The molecule has 12 heteroatoms. The van der Waals surface area contributed by atoms with Crippen LogP contribution in [0.5, 0.6) is 0 Å². The summed E-state index contributed by atoms with van der Waals surface area (Å²) in [5.41, 5.74) is -4.59. The van der Waals surface area contributed by atoms with Crippen molar-refractivity contribution < 1.29 is 27.5 Å². The van der Waals surface area contributed by atoms with E-state index in [1.165, 1.54) is 11.4 Å². The van der Waals surface area contributed by atoms with Crippen molar-refractivity contribution in [3.63, 3.8) is 0 Å². The molecule has 1 saturated heterocycles. The molecule has 0 saturated carbocycles. The van der Waals surface area contributed by atoms with E-state index in [9.17, 15) is 18.0 Å². The number of piperidine rings is 1. The topological polar surface area (TPSA) is 88.0 Å². The average Bonchev–Trinajstić information content (AvgIpc) is 3.11. The Kier molecular flexibility index (Phi) is 10.5. The summed E-state index contributed by atoms with van der Waals surface area (Å²) >= 11 is -0.208. The molecule has 3 heterocycles. The minimum absolute atomic E-state index is 0.0190. The van der Waals surface area contributed by atoms with E-state index in [4.69, 9.17) is 9.53 Å². The number of pyridine rings is 1. The molecule has 0 aromatic carbocycles. The zero-order chi connectivity index (χ0) is 26.9. The van der Waals surface area contributed by atoms with Crippen LogP contribution in [-0.2, 0) is 9.53 Å². The molecular weight excluding hydrogens is 495 g/mol. The van der Waals surface area contributed by atoms with Crippen LogP contribution < -0.4 is 10.6 Å². The third kappa shape index (κ3) is 8.95. The van der Waals surface area contributed by atoms with Crippen molar-refractivity contribution in [3.8, 4) is 11.8 Å². The number of carbonyl (C=O) groups is 2. The number of alkyl halides is 3. The van der Waals surface area contributed by atoms with E-state index < -0.39 is 11.1 Å². The third-order valence-corrected chi connectivity index (χ3v) is 5.64. The number of ether oxygens (including phenoxy) is 1. The fourth-order valence-electron chi connectivity index (χ4n) is 3.41. The second-order valence-corrected chi connectivity index (χ2v) is 9.96. The number of likely N-dealkylation sites (tertiary alicyclic amines) is 1. The van der Waals surface area contributed by atoms with Crippen molar-refractivity contribution in [1.29, 1.82) is 0 Å². The Bertz CT molecular complexity index is 1090. The molecule has 2 N–H and O–H groups in total. The average molecular weight is 528 g/mol. The lowest BCUT2D eigenvalue weighted by molar-refractivity contribution is -0.106. The van der Waals surface area contributed by atoms with Crippen LogP contribution in [0.3, 0.4) is 0 Å². The molecule has 3 rings (SSSR count). The van der Waals surface area contributed by atoms with Gasteiger partial charge in [-0.1, -0.05) is 12.0 Å². The number of nitrogens with one attached hydrogen (secondary N) is 2. The van der Waals surface area contributed by atoms with Crippen LogP contribution in [0.2, 0.25) is 0 Å². The van der Waals surface area contributed by atoms with Gasteiger partial charge in [0.1, 0.15) is 23.4 Å². The van der Waals surface area contributed by atoms with Crippen molar-refractivity contribution in [3.05, 3.63) is 23.9 Å². The highest BCUT2D eigenvalue weighted by atomic mass is 32.2. The quantitative estimate of drug-likeness (QED) is 0.343. The van der Waals surface area contributed by atoms with Crippen LogP contribution in [-0.4, -0.2) is 70.7 Å². The number of anilines is 1. The predicted molar refractivity (Wildman–Crippen MR) is 134 cm³/mol. The van der Waals surface area contributed by atoms with Crippen molar-refractivity contribution in [2.75, 3.05) is 32.0 Å². The molecule has 0 bridgehead atoms. The van der Waals surface area contributed by atoms with Crippen LogP contribution in [0.4, 0.5) is 23.8 Å². The zero-order valence-corrected chi connectivity index (χ0v) is 21.8. The highest BCUT2D eigenvalue weighted by Gasteiger charge is 2.33. The van der Waals surface area contributed by atoms with Gasteiger partial charge in [-0.25, -0.2) is 9.31 Å². The standard InChI is InChI=1S/C22H28F3N5O2S.C2H4O/c1-21(2,3)32-20(31)29-13-10-15(11-14-29)27-18-9-5-8-17-19(33-22(23,24)25)16(28-30(17)18)7-6-12-26-4;1-2-3/h5,8-9,15,26-27H,10-14H2,1-4H3;2H,1H3. The molecule has 0 radical (unpaired) electrons. The molecule has 1 amide bonds. The summed E-state index contributed by atoms with van der Waals surface area (Å²) in [4.78, 5) is 22.7. The largest absolute Gasteiger partial charge is 0.446 e. The number of halogens is 3. The summed E-state index contributed by atoms with van der Waals surface area (Å²) in [5, 5.41) is 10.6. The SMILES string of the molecule is CC=O.CNCC#Cc1nn2c(NC3CCN(C(=O)OC(C)(C)C)CC3)cccc2c1SC(F)(F)F. The van der Waals surface area contributed by atoms with Gasteiger partial charge in [-0.15, -0.1) is 0 Å². The monoisotopic (exact) mass is 527 g/mol. The van der Waals surface area contributed by atoms with Gasteiger partial charge in [0.05, 0.1) is 17.0 Å². The molecule has 0 atom stereocenters. The van der Waals surface area contributed by atoms with Crippen molar-refractivity contribution in [1.82, 2.24) is 19.8 Å². The van der Waals surface area contributed by atoms with E-state index in [1.807, 2.05) is 20.8 Å². The Hall–Kier alpha value is -2.91. The molecule has 1 fully saturated rings. The maximum atomic E-state index is 13.2. The van der Waals surface area contributed by atoms with E-state index in [0.29, 0.717) is 43.8 Å². The van der Waals surface area contributed by atoms with E-state index in [1.54, 1.807) is 30.1 Å². The van der Waals surface area contributed by atoms with E-state index in [0.717, 1.165) is 6.29 Å². The number of amides is 1. The molecule has 8 nitrogen and oxygen atoms in total. The van der Waals surface area contributed by atoms with Gasteiger partial charge >= 0.3 is 11.6 Å². The molecular formula is C24H32F3N5O3S. The van der Waals surface area contributed by atoms with Gasteiger partial charge in [-0.05, 0) is 77.4 Å². The second-order valence-electron chi connectivity index (χ2n) is 8.89. The van der Waals surface area contributed by atoms with Crippen molar-refractivity contribution >= 4 is 35.5 Å². The maximum Gasteiger partial charge on any atom is 0.446 e. The van der Waals surface area contributed by atoms with E-state index in [2.05, 4.69) is 27.6 Å². The Labute approximate surface area is 213 Å². The molecule has 1 aliphatic rings. The first-order valence-corrected chi connectivity index (χ1v) is 12.3. The number of fused-ring (bicyclic) bond motifs is 1. The smallest absolute Gasteiger partial charge is 0.444 e. The fourth-order valence-corrected chi connectivity index (χ4v) is 4.09. The number of aromatic nitrogens is 2. The molecule has 36 heavy (non-hydrogen) atoms. The number of carbonyl (C=O) groups excluding carboxylic acids is 2. The van der Waals surface area contributed by atoms with Gasteiger partial charge in [0.25, 0.3) is 0 Å². The molecule has 2 aromatic rings. The second kappa shape index (κ2) is 12.9. The first kappa shape index (κ1) is 29.3. The molecule has 0 unspecified atom stereocenters. The van der Waals surface area contributed by atoms with Gasteiger partial charge in [0.15, 0.2) is 0 Å². The van der Waals surface area contributed by atoms with Crippen LogP contribution in [0.25, 0.3) is 5.52 Å². The Morgan fingerprint density at radius 3 is 2.47 bits per heavy atom. The lowest BCUT2D eigenvalue weighted by Crippen LogP contribution is -2.44. The van der Waals surface area contributed by atoms with Crippen molar-refractivity contribution in [2.24, 2.45) is 0 Å². The number of rotatable bonds is 4. The summed E-state index contributed by atoms with van der Waals surface area (Å²) in [5.74, 6) is 6.10. The van der Waals surface area contributed by atoms with Gasteiger partial charge in [-0.2, -0.15) is 18.3 Å². The summed E-state index contributed by atoms with van der Waals surface area (Å²) in [7, 11) is 1.71. The van der Waals surface area contributed by atoms with E-state index >= 15 is 0 Å². The summed E-state index contributed by atoms with van der Waals surface area (Å²) < 4.78 is 46.5. The molecule has 0 spiro atoms. The number of nitrogens with zero attached hydrogens (tertiary/aromatic N) is 3. The number of thioether (sulfide) groups is 1. The van der Waals surface area contributed by atoms with Crippen LogP contribution >= 0.6 is 11.8 Å². The molecule has 2 aromatic heterocycles. The summed E-state index contributed by atoms with van der Waals surface area (Å²) in [6.45, 7) is 8.31. The number of hydrogen-bond acceptors (Lipinski definition) is 7. The van der Waals surface area contributed by atoms with Gasteiger partial charge in [0.2, 0.25) is 0 Å². The molecule has 0 aliphatic carbocycles. The maximum absolute atomic E-state index is 13.2. The lowest BCUT2D eigenvalue weighted by atomic mass is 10.1. The highest BCUT2D eigenvalue weighted by Crippen LogP contribution is 2.41. The first-order valence-electron chi connectivity index (χ1n) is 11.4. The summed E-state index contributed by atoms with van der Waals surface area (Å²) in [6, 6.07) is 5.10. The van der Waals surface area contributed by atoms with Crippen molar-refractivity contribution in [2.45, 2.75) is 62.6 Å². The van der Waals surface area contributed by atoms with Gasteiger partial charge in [-0.3, -0.25) is 0 Å². The van der Waals surface area contributed by atoms with Crippen LogP contribution in [0.1, 0.15) is 46.2 Å².